The van der Waals surface area contributed by atoms with Gasteiger partial charge in [0.15, 0.2) is 6.61 Å². The Kier molecular flexibility index (Phi) is 4.99. The lowest BCUT2D eigenvalue weighted by Gasteiger charge is -2.36. The molecule has 1 fully saturated rings. The average molecular weight is 274 g/mol. The summed E-state index contributed by atoms with van der Waals surface area (Å²) in [5, 5.41) is 12.0. The van der Waals surface area contributed by atoms with Crippen molar-refractivity contribution in [2.24, 2.45) is 0 Å². The summed E-state index contributed by atoms with van der Waals surface area (Å²) >= 11 is 0. The van der Waals surface area contributed by atoms with Gasteiger partial charge in [-0.15, -0.1) is 0 Å². The molecule has 108 valence electrons. The summed E-state index contributed by atoms with van der Waals surface area (Å²) < 4.78 is 11.0. The SMILES string of the molecule is CC1(C)CC(NCc2ccc(OCC#N)cc2)CCO1. The third-order valence-corrected chi connectivity index (χ3v) is 3.52. The van der Waals surface area contributed by atoms with Gasteiger partial charge in [0.05, 0.1) is 5.60 Å². The minimum absolute atomic E-state index is 0.0229. The van der Waals surface area contributed by atoms with Gasteiger partial charge in [0.25, 0.3) is 0 Å². The average Bonchev–Trinajstić information content (AvgIpc) is 2.43. The normalized spacial score (nSPS) is 21.1. The highest BCUT2D eigenvalue weighted by Crippen LogP contribution is 2.24. The van der Waals surface area contributed by atoms with Gasteiger partial charge in [0.2, 0.25) is 0 Å². The quantitative estimate of drug-likeness (QED) is 0.896. The molecule has 0 aromatic heterocycles. The Morgan fingerprint density at radius 3 is 2.80 bits per heavy atom. The van der Waals surface area contributed by atoms with Gasteiger partial charge in [0, 0.05) is 19.2 Å². The molecule has 20 heavy (non-hydrogen) atoms. The highest BCUT2D eigenvalue weighted by Gasteiger charge is 2.28. The van der Waals surface area contributed by atoms with Gasteiger partial charge in [-0.2, -0.15) is 5.26 Å². The van der Waals surface area contributed by atoms with E-state index >= 15 is 0 Å². The number of rotatable bonds is 5. The Morgan fingerprint density at radius 1 is 1.40 bits per heavy atom. The van der Waals surface area contributed by atoms with Crippen molar-refractivity contribution in [3.05, 3.63) is 29.8 Å². The molecule has 1 N–H and O–H groups in total. The number of ether oxygens (including phenoxy) is 2. The number of benzene rings is 1. The molecule has 4 heteroatoms. The molecule has 1 aliphatic rings. The van der Waals surface area contributed by atoms with Crippen molar-refractivity contribution in [2.45, 2.75) is 44.9 Å². The van der Waals surface area contributed by atoms with Crippen molar-refractivity contribution in [1.29, 1.82) is 5.26 Å². The standard InChI is InChI=1S/C16H22N2O2/c1-16(2)11-14(7-9-20-16)18-12-13-3-5-15(6-4-13)19-10-8-17/h3-6,14,18H,7,9-12H2,1-2H3. The summed E-state index contributed by atoms with van der Waals surface area (Å²) in [5.41, 5.74) is 1.20. The Morgan fingerprint density at radius 2 is 2.15 bits per heavy atom. The van der Waals surface area contributed by atoms with Gasteiger partial charge >= 0.3 is 0 Å². The van der Waals surface area contributed by atoms with Crippen LogP contribution in [0.1, 0.15) is 32.3 Å². The van der Waals surface area contributed by atoms with Crippen molar-refractivity contribution in [1.82, 2.24) is 5.32 Å². The molecule has 0 amide bonds. The number of nitriles is 1. The van der Waals surface area contributed by atoms with Gasteiger partial charge in [-0.25, -0.2) is 0 Å². The zero-order valence-electron chi connectivity index (χ0n) is 12.2. The largest absolute Gasteiger partial charge is 0.479 e. The highest BCUT2D eigenvalue weighted by molar-refractivity contribution is 5.27. The summed E-state index contributed by atoms with van der Waals surface area (Å²) in [6.45, 7) is 6.05. The van der Waals surface area contributed by atoms with E-state index in [1.54, 1.807) is 0 Å². The maximum atomic E-state index is 8.46. The first-order valence-electron chi connectivity index (χ1n) is 7.05. The van der Waals surface area contributed by atoms with E-state index in [-0.39, 0.29) is 12.2 Å². The minimum atomic E-state index is -0.0229. The molecule has 0 aliphatic carbocycles. The van der Waals surface area contributed by atoms with Crippen LogP contribution in [0.3, 0.4) is 0 Å². The first kappa shape index (κ1) is 14.8. The molecule has 1 atom stereocenters. The second-order valence-electron chi connectivity index (χ2n) is 5.77. The van der Waals surface area contributed by atoms with E-state index in [1.807, 2.05) is 30.3 Å². The highest BCUT2D eigenvalue weighted by atomic mass is 16.5. The fourth-order valence-corrected chi connectivity index (χ4v) is 2.49. The Balaban J connectivity index is 1.80. The van der Waals surface area contributed by atoms with Crippen LogP contribution in [0.5, 0.6) is 5.75 Å². The van der Waals surface area contributed by atoms with Gasteiger partial charge in [0.1, 0.15) is 11.8 Å². The van der Waals surface area contributed by atoms with Gasteiger partial charge < -0.3 is 14.8 Å². The Bertz CT molecular complexity index is 462. The third kappa shape index (κ3) is 4.52. The van der Waals surface area contributed by atoms with E-state index in [9.17, 15) is 0 Å². The van der Waals surface area contributed by atoms with Crippen molar-refractivity contribution in [2.75, 3.05) is 13.2 Å². The molecule has 0 spiro atoms. The van der Waals surface area contributed by atoms with E-state index in [4.69, 9.17) is 14.7 Å². The van der Waals surface area contributed by atoms with Crippen molar-refractivity contribution >= 4 is 0 Å². The van der Waals surface area contributed by atoms with Gasteiger partial charge in [-0.1, -0.05) is 12.1 Å². The molecule has 1 aromatic rings. The molecule has 0 radical (unpaired) electrons. The maximum Gasteiger partial charge on any atom is 0.174 e. The molecule has 1 unspecified atom stereocenters. The fraction of sp³-hybridized carbons (Fsp3) is 0.562. The molecular formula is C16H22N2O2. The van der Waals surface area contributed by atoms with E-state index in [0.717, 1.165) is 31.7 Å². The maximum absolute atomic E-state index is 8.46. The molecule has 2 rings (SSSR count). The van der Waals surface area contributed by atoms with Crippen LogP contribution < -0.4 is 10.1 Å². The monoisotopic (exact) mass is 274 g/mol. The molecule has 4 nitrogen and oxygen atoms in total. The van der Waals surface area contributed by atoms with Crippen LogP contribution in [0.4, 0.5) is 0 Å². The summed E-state index contributed by atoms with van der Waals surface area (Å²) in [6, 6.07) is 10.3. The molecule has 1 heterocycles. The lowest BCUT2D eigenvalue weighted by Crippen LogP contribution is -2.43. The van der Waals surface area contributed by atoms with Crippen LogP contribution in [0.25, 0.3) is 0 Å². The van der Waals surface area contributed by atoms with Crippen LogP contribution in [0.15, 0.2) is 24.3 Å². The van der Waals surface area contributed by atoms with E-state index in [0.29, 0.717) is 6.04 Å². The smallest absolute Gasteiger partial charge is 0.174 e. The molecule has 0 saturated carbocycles. The Labute approximate surface area is 120 Å². The first-order valence-corrected chi connectivity index (χ1v) is 7.05. The lowest BCUT2D eigenvalue weighted by atomic mass is 9.94. The zero-order chi connectivity index (χ0) is 14.4. The third-order valence-electron chi connectivity index (χ3n) is 3.52. The Hall–Kier alpha value is -1.57. The second-order valence-corrected chi connectivity index (χ2v) is 5.77. The van der Waals surface area contributed by atoms with Crippen LogP contribution in [-0.2, 0) is 11.3 Å². The van der Waals surface area contributed by atoms with Crippen LogP contribution in [-0.4, -0.2) is 24.9 Å². The molecule has 1 aromatic carbocycles. The van der Waals surface area contributed by atoms with E-state index in [1.165, 1.54) is 5.56 Å². The van der Waals surface area contributed by atoms with Gasteiger partial charge in [-0.3, -0.25) is 0 Å². The summed E-state index contributed by atoms with van der Waals surface area (Å²) in [6.07, 6.45) is 2.10. The number of nitrogens with one attached hydrogen (secondary N) is 1. The van der Waals surface area contributed by atoms with Crippen molar-refractivity contribution in [3.8, 4) is 11.8 Å². The molecular weight excluding hydrogens is 252 g/mol. The van der Waals surface area contributed by atoms with Crippen molar-refractivity contribution in [3.63, 3.8) is 0 Å². The summed E-state index contributed by atoms with van der Waals surface area (Å²) in [5.74, 6) is 0.738. The number of hydrogen-bond acceptors (Lipinski definition) is 4. The second kappa shape index (κ2) is 6.74. The summed E-state index contributed by atoms with van der Waals surface area (Å²) in [4.78, 5) is 0. The predicted octanol–water partition coefficient (Wildman–Crippen LogP) is 2.64. The zero-order valence-corrected chi connectivity index (χ0v) is 12.2. The first-order chi connectivity index (χ1) is 9.59. The van der Waals surface area contributed by atoms with Crippen LogP contribution in [0, 0.1) is 11.3 Å². The van der Waals surface area contributed by atoms with Crippen LogP contribution >= 0.6 is 0 Å². The molecule has 1 saturated heterocycles. The molecule has 0 bridgehead atoms. The van der Waals surface area contributed by atoms with Gasteiger partial charge in [-0.05, 0) is 44.4 Å². The predicted molar refractivity (Wildman–Crippen MR) is 77.4 cm³/mol. The minimum Gasteiger partial charge on any atom is -0.479 e. The summed E-state index contributed by atoms with van der Waals surface area (Å²) in [7, 11) is 0. The number of nitrogens with zero attached hydrogens (tertiary/aromatic N) is 1. The van der Waals surface area contributed by atoms with E-state index < -0.39 is 0 Å². The molecule has 1 aliphatic heterocycles. The number of hydrogen-bond donors (Lipinski definition) is 1. The van der Waals surface area contributed by atoms with E-state index in [2.05, 4.69) is 19.2 Å². The topological polar surface area (TPSA) is 54.3 Å². The van der Waals surface area contributed by atoms with Crippen molar-refractivity contribution < 1.29 is 9.47 Å². The lowest BCUT2D eigenvalue weighted by molar-refractivity contribution is -0.0630. The van der Waals surface area contributed by atoms with Crippen LogP contribution in [0.2, 0.25) is 0 Å². The fourth-order valence-electron chi connectivity index (χ4n) is 2.49.